The third-order valence-electron chi connectivity index (χ3n) is 3.21. The van der Waals surface area contributed by atoms with Crippen LogP contribution in [0.1, 0.15) is 17.0 Å². The van der Waals surface area contributed by atoms with Crippen molar-refractivity contribution in [3.05, 3.63) is 41.3 Å². The van der Waals surface area contributed by atoms with Crippen LogP contribution in [0.4, 0.5) is 5.69 Å². The second kappa shape index (κ2) is 4.44. The van der Waals surface area contributed by atoms with E-state index in [1.807, 2.05) is 25.1 Å². The van der Waals surface area contributed by atoms with E-state index in [0.717, 1.165) is 33.9 Å². The molecule has 0 unspecified atom stereocenters. The normalized spacial score (nSPS) is 13.3. The van der Waals surface area contributed by atoms with Crippen LogP contribution in [-0.4, -0.2) is 15.9 Å². The Morgan fingerprint density at radius 1 is 1.42 bits per heavy atom. The van der Waals surface area contributed by atoms with Gasteiger partial charge in [-0.05, 0) is 24.6 Å². The van der Waals surface area contributed by atoms with Gasteiger partial charge in [0.1, 0.15) is 0 Å². The fourth-order valence-corrected chi connectivity index (χ4v) is 2.29. The van der Waals surface area contributed by atoms with Gasteiger partial charge < -0.3 is 11.1 Å². The van der Waals surface area contributed by atoms with Gasteiger partial charge in [0, 0.05) is 17.8 Å². The topological polar surface area (TPSA) is 80.9 Å². The number of amides is 1. The molecule has 0 saturated heterocycles. The van der Waals surface area contributed by atoms with Gasteiger partial charge in [-0.25, -0.2) is 0 Å². The summed E-state index contributed by atoms with van der Waals surface area (Å²) in [6.45, 7) is 2.30. The third-order valence-corrected chi connectivity index (χ3v) is 3.21. The Labute approximate surface area is 110 Å². The number of rotatable bonds is 2. The van der Waals surface area contributed by atoms with Crippen molar-refractivity contribution < 1.29 is 4.79 Å². The molecule has 0 bridgehead atoms. The smallest absolute Gasteiger partial charge is 0.228 e. The summed E-state index contributed by atoms with van der Waals surface area (Å²) in [7, 11) is 0. The highest BCUT2D eigenvalue weighted by Gasteiger charge is 2.18. The van der Waals surface area contributed by atoms with Crippen LogP contribution in [0, 0.1) is 6.92 Å². The average Bonchev–Trinajstić information content (AvgIpc) is 2.77. The first kappa shape index (κ1) is 11.8. The monoisotopic (exact) mass is 254 g/mol. The molecule has 0 saturated carbocycles. The lowest BCUT2D eigenvalue weighted by Gasteiger charge is -2.07. The van der Waals surface area contributed by atoms with E-state index in [0.29, 0.717) is 13.0 Å². The van der Waals surface area contributed by atoms with Crippen LogP contribution in [-0.2, 0) is 17.8 Å². The zero-order valence-electron chi connectivity index (χ0n) is 10.6. The van der Waals surface area contributed by atoms with Crippen molar-refractivity contribution in [2.75, 3.05) is 5.32 Å². The minimum Gasteiger partial charge on any atom is -0.326 e. The highest BCUT2D eigenvalue weighted by molar-refractivity contribution is 5.99. The Morgan fingerprint density at radius 3 is 3.00 bits per heavy atom. The molecule has 3 N–H and O–H groups in total. The SMILES string of the molecule is Cc1nc(CN)cnc1-c1ccc2c(c1)CC(=O)N2. The summed E-state index contributed by atoms with van der Waals surface area (Å²) in [6, 6.07) is 5.85. The summed E-state index contributed by atoms with van der Waals surface area (Å²) >= 11 is 0. The highest BCUT2D eigenvalue weighted by atomic mass is 16.1. The molecule has 96 valence electrons. The van der Waals surface area contributed by atoms with Gasteiger partial charge in [-0.3, -0.25) is 14.8 Å². The van der Waals surface area contributed by atoms with Gasteiger partial charge in [-0.1, -0.05) is 6.07 Å². The fourth-order valence-electron chi connectivity index (χ4n) is 2.29. The number of hydrogen-bond acceptors (Lipinski definition) is 4. The first-order valence-electron chi connectivity index (χ1n) is 6.13. The van der Waals surface area contributed by atoms with Crippen LogP contribution >= 0.6 is 0 Å². The molecular weight excluding hydrogens is 240 g/mol. The molecule has 1 amide bonds. The second-order valence-electron chi connectivity index (χ2n) is 4.60. The van der Waals surface area contributed by atoms with Gasteiger partial charge in [0.25, 0.3) is 0 Å². The molecule has 2 aromatic rings. The van der Waals surface area contributed by atoms with E-state index >= 15 is 0 Å². The first-order chi connectivity index (χ1) is 9.17. The molecule has 5 nitrogen and oxygen atoms in total. The van der Waals surface area contributed by atoms with E-state index in [9.17, 15) is 4.79 Å². The zero-order valence-corrected chi connectivity index (χ0v) is 10.6. The second-order valence-corrected chi connectivity index (χ2v) is 4.60. The molecular formula is C14H14N4O. The summed E-state index contributed by atoms with van der Waals surface area (Å²) in [5.74, 6) is 0.0356. The molecule has 2 heterocycles. The van der Waals surface area contributed by atoms with Gasteiger partial charge in [0.2, 0.25) is 5.91 Å². The summed E-state index contributed by atoms with van der Waals surface area (Å²) in [5, 5.41) is 2.82. The molecule has 1 aliphatic rings. The quantitative estimate of drug-likeness (QED) is 0.849. The maximum Gasteiger partial charge on any atom is 0.228 e. The lowest BCUT2D eigenvalue weighted by atomic mass is 10.0. The Kier molecular flexibility index (Phi) is 2.76. The van der Waals surface area contributed by atoms with Gasteiger partial charge in [-0.2, -0.15) is 0 Å². The summed E-state index contributed by atoms with van der Waals surface area (Å²) in [4.78, 5) is 20.2. The number of hydrogen-bond donors (Lipinski definition) is 2. The maximum atomic E-state index is 11.3. The number of carbonyl (C=O) groups is 1. The molecule has 1 aromatic heterocycles. The van der Waals surface area contributed by atoms with Crippen molar-refractivity contribution in [3.8, 4) is 11.3 Å². The number of nitrogens with one attached hydrogen (secondary N) is 1. The largest absolute Gasteiger partial charge is 0.326 e. The van der Waals surface area contributed by atoms with Crippen LogP contribution in [0.2, 0.25) is 0 Å². The minimum atomic E-state index is 0.0356. The Morgan fingerprint density at radius 2 is 2.26 bits per heavy atom. The predicted octanol–water partition coefficient (Wildman–Crippen LogP) is 1.41. The number of anilines is 1. The number of benzene rings is 1. The number of aromatic nitrogens is 2. The lowest BCUT2D eigenvalue weighted by Crippen LogP contribution is -2.03. The molecule has 0 fully saturated rings. The third kappa shape index (κ3) is 2.08. The molecule has 3 rings (SSSR count). The van der Waals surface area contributed by atoms with E-state index in [1.165, 1.54) is 0 Å². The van der Waals surface area contributed by atoms with Crippen LogP contribution in [0.25, 0.3) is 11.3 Å². The van der Waals surface area contributed by atoms with Crippen molar-refractivity contribution in [1.29, 1.82) is 0 Å². The Hall–Kier alpha value is -2.27. The Bertz CT molecular complexity index is 666. The van der Waals surface area contributed by atoms with Crippen LogP contribution in [0.5, 0.6) is 0 Å². The van der Waals surface area contributed by atoms with Gasteiger partial charge in [0.05, 0.1) is 29.7 Å². The lowest BCUT2D eigenvalue weighted by molar-refractivity contribution is -0.115. The first-order valence-corrected chi connectivity index (χ1v) is 6.13. The minimum absolute atomic E-state index is 0.0356. The van der Waals surface area contributed by atoms with Crippen LogP contribution < -0.4 is 11.1 Å². The van der Waals surface area contributed by atoms with Gasteiger partial charge in [0.15, 0.2) is 0 Å². The van der Waals surface area contributed by atoms with E-state index in [1.54, 1.807) is 6.20 Å². The zero-order chi connectivity index (χ0) is 13.4. The van der Waals surface area contributed by atoms with Crippen molar-refractivity contribution in [3.63, 3.8) is 0 Å². The van der Waals surface area contributed by atoms with E-state index in [4.69, 9.17) is 5.73 Å². The van der Waals surface area contributed by atoms with E-state index < -0.39 is 0 Å². The van der Waals surface area contributed by atoms with Crippen molar-refractivity contribution in [1.82, 2.24) is 9.97 Å². The maximum absolute atomic E-state index is 11.3. The summed E-state index contributed by atoms with van der Waals surface area (Å²) < 4.78 is 0. The number of aryl methyl sites for hydroxylation is 1. The molecule has 5 heteroatoms. The molecule has 0 spiro atoms. The fraction of sp³-hybridized carbons (Fsp3) is 0.214. The number of nitrogens with zero attached hydrogens (tertiary/aromatic N) is 2. The van der Waals surface area contributed by atoms with Gasteiger partial charge in [-0.15, -0.1) is 0 Å². The predicted molar refractivity (Wildman–Crippen MR) is 72.4 cm³/mol. The summed E-state index contributed by atoms with van der Waals surface area (Å²) in [5.41, 5.74) is 10.9. The molecule has 1 aliphatic heterocycles. The van der Waals surface area contributed by atoms with Crippen LogP contribution in [0.3, 0.4) is 0 Å². The molecule has 0 aliphatic carbocycles. The van der Waals surface area contributed by atoms with E-state index in [-0.39, 0.29) is 5.91 Å². The van der Waals surface area contributed by atoms with E-state index in [2.05, 4.69) is 15.3 Å². The summed E-state index contributed by atoms with van der Waals surface area (Å²) in [6.07, 6.45) is 2.12. The molecule has 1 aromatic carbocycles. The molecule has 0 atom stereocenters. The highest BCUT2D eigenvalue weighted by Crippen LogP contribution is 2.29. The van der Waals surface area contributed by atoms with Gasteiger partial charge >= 0.3 is 0 Å². The molecule has 0 radical (unpaired) electrons. The van der Waals surface area contributed by atoms with Crippen molar-refractivity contribution >= 4 is 11.6 Å². The van der Waals surface area contributed by atoms with Crippen molar-refractivity contribution in [2.45, 2.75) is 19.9 Å². The van der Waals surface area contributed by atoms with Crippen LogP contribution in [0.15, 0.2) is 24.4 Å². The number of carbonyl (C=O) groups excluding carboxylic acids is 1. The Balaban J connectivity index is 2.04. The number of fused-ring (bicyclic) bond motifs is 1. The molecule has 19 heavy (non-hydrogen) atoms. The standard InChI is InChI=1S/C14H14N4O/c1-8-14(16-7-11(6-15)17-8)9-2-3-12-10(4-9)5-13(19)18-12/h2-4,7H,5-6,15H2,1H3,(H,18,19). The van der Waals surface area contributed by atoms with Crippen molar-refractivity contribution in [2.24, 2.45) is 5.73 Å². The number of nitrogens with two attached hydrogens (primary N) is 1. The average molecular weight is 254 g/mol.